The zero-order chi connectivity index (χ0) is 24.3. The first-order chi connectivity index (χ1) is 15.5. The first kappa shape index (κ1) is 24.5. The van der Waals surface area contributed by atoms with E-state index in [1.807, 2.05) is 71.9 Å². The molecule has 0 saturated heterocycles. The van der Waals surface area contributed by atoms with Crippen LogP contribution < -0.4 is 10.0 Å². The minimum absolute atomic E-state index is 0.00751. The monoisotopic (exact) mass is 468 g/mol. The number of nitrogens with zero attached hydrogens (tertiary/aromatic N) is 2. The quantitative estimate of drug-likeness (QED) is 0.452. The number of carbonyl (C=O) groups excluding carboxylic acids is 1. The van der Waals surface area contributed by atoms with Gasteiger partial charge in [-0.2, -0.15) is 13.5 Å². The SMILES string of the molecule is CC(C)c1cc(-c2ccccc2)cc(C(C)C)c1NC(=O)NS(=O)(=O)c1ccn(C(C)C)n1. The molecule has 0 atom stereocenters. The summed E-state index contributed by atoms with van der Waals surface area (Å²) in [6.07, 6.45) is 1.58. The van der Waals surface area contributed by atoms with Gasteiger partial charge in [0.15, 0.2) is 5.03 Å². The van der Waals surface area contributed by atoms with E-state index in [2.05, 4.69) is 27.3 Å². The molecule has 0 aliphatic carbocycles. The number of hydrogen-bond donors (Lipinski definition) is 2. The molecule has 33 heavy (non-hydrogen) atoms. The Hall–Kier alpha value is -3.13. The van der Waals surface area contributed by atoms with Gasteiger partial charge in [-0.05, 0) is 66.1 Å². The lowest BCUT2D eigenvalue weighted by atomic mass is 9.88. The summed E-state index contributed by atoms with van der Waals surface area (Å²) in [6.45, 7) is 12.0. The summed E-state index contributed by atoms with van der Waals surface area (Å²) < 4.78 is 29.0. The maximum atomic E-state index is 12.8. The molecule has 0 bridgehead atoms. The predicted molar refractivity (Wildman–Crippen MR) is 132 cm³/mol. The third-order valence-corrected chi connectivity index (χ3v) is 6.63. The zero-order valence-electron chi connectivity index (χ0n) is 20.0. The summed E-state index contributed by atoms with van der Waals surface area (Å²) in [5.74, 6) is 0.222. The Labute approximate surface area is 196 Å². The number of urea groups is 1. The molecule has 176 valence electrons. The number of benzene rings is 2. The largest absolute Gasteiger partial charge is 0.333 e. The molecule has 0 fully saturated rings. The van der Waals surface area contributed by atoms with Crippen molar-refractivity contribution in [2.75, 3.05) is 5.32 Å². The van der Waals surface area contributed by atoms with Gasteiger partial charge in [-0.15, -0.1) is 0 Å². The molecule has 1 aromatic heterocycles. The molecule has 0 aliphatic heterocycles. The highest BCUT2D eigenvalue weighted by molar-refractivity contribution is 7.90. The van der Waals surface area contributed by atoms with E-state index in [1.54, 1.807) is 6.20 Å². The molecule has 8 heteroatoms. The molecule has 0 radical (unpaired) electrons. The lowest BCUT2D eigenvalue weighted by Gasteiger charge is -2.22. The van der Waals surface area contributed by atoms with Crippen molar-refractivity contribution in [1.29, 1.82) is 0 Å². The highest BCUT2D eigenvalue weighted by atomic mass is 32.2. The summed E-state index contributed by atoms with van der Waals surface area (Å²) in [6, 6.07) is 14.7. The van der Waals surface area contributed by atoms with Gasteiger partial charge >= 0.3 is 6.03 Å². The minimum Gasteiger partial charge on any atom is -0.307 e. The van der Waals surface area contributed by atoms with E-state index < -0.39 is 16.1 Å². The number of nitrogens with one attached hydrogen (secondary N) is 2. The van der Waals surface area contributed by atoms with E-state index in [0.29, 0.717) is 5.69 Å². The highest BCUT2D eigenvalue weighted by Gasteiger charge is 2.24. The van der Waals surface area contributed by atoms with Gasteiger partial charge in [0.2, 0.25) is 0 Å². The van der Waals surface area contributed by atoms with Gasteiger partial charge in [0.1, 0.15) is 0 Å². The summed E-state index contributed by atoms with van der Waals surface area (Å²) in [7, 11) is -4.10. The lowest BCUT2D eigenvalue weighted by molar-refractivity contribution is 0.256. The Morgan fingerprint density at radius 1 is 0.879 bits per heavy atom. The molecule has 2 amide bonds. The van der Waals surface area contributed by atoms with Crippen LogP contribution in [0, 0.1) is 0 Å². The van der Waals surface area contributed by atoms with Crippen LogP contribution in [-0.2, 0) is 10.0 Å². The van der Waals surface area contributed by atoms with Gasteiger partial charge in [-0.25, -0.2) is 9.52 Å². The van der Waals surface area contributed by atoms with Crippen LogP contribution in [0.4, 0.5) is 10.5 Å². The van der Waals surface area contributed by atoms with Crippen LogP contribution in [0.2, 0.25) is 0 Å². The van der Waals surface area contributed by atoms with Crippen LogP contribution >= 0.6 is 0 Å². The molecule has 3 aromatic rings. The number of sulfonamides is 1. The number of anilines is 1. The van der Waals surface area contributed by atoms with E-state index >= 15 is 0 Å². The van der Waals surface area contributed by atoms with Crippen molar-refractivity contribution >= 4 is 21.7 Å². The molecule has 0 spiro atoms. The molecule has 2 aromatic carbocycles. The highest BCUT2D eigenvalue weighted by Crippen LogP contribution is 2.37. The van der Waals surface area contributed by atoms with Gasteiger partial charge in [-0.1, -0.05) is 58.0 Å². The Morgan fingerprint density at radius 2 is 1.45 bits per heavy atom. The van der Waals surface area contributed by atoms with Crippen molar-refractivity contribution < 1.29 is 13.2 Å². The van der Waals surface area contributed by atoms with Crippen LogP contribution in [-0.4, -0.2) is 24.2 Å². The first-order valence-corrected chi connectivity index (χ1v) is 12.6. The summed E-state index contributed by atoms with van der Waals surface area (Å²) in [5, 5.41) is 6.68. The molecule has 2 N–H and O–H groups in total. The van der Waals surface area contributed by atoms with Crippen molar-refractivity contribution in [2.24, 2.45) is 0 Å². The maximum Gasteiger partial charge on any atom is 0.333 e. The predicted octanol–water partition coefficient (Wildman–Crippen LogP) is 5.89. The average Bonchev–Trinajstić information content (AvgIpc) is 3.25. The van der Waals surface area contributed by atoms with E-state index in [1.165, 1.54) is 10.7 Å². The van der Waals surface area contributed by atoms with Crippen molar-refractivity contribution in [1.82, 2.24) is 14.5 Å². The Morgan fingerprint density at radius 3 is 1.94 bits per heavy atom. The van der Waals surface area contributed by atoms with Crippen LogP contribution in [0.25, 0.3) is 11.1 Å². The average molecular weight is 469 g/mol. The number of hydrogen-bond acceptors (Lipinski definition) is 4. The fourth-order valence-corrected chi connectivity index (χ4v) is 4.45. The van der Waals surface area contributed by atoms with Crippen molar-refractivity contribution in [3.8, 4) is 11.1 Å². The van der Waals surface area contributed by atoms with Crippen molar-refractivity contribution in [2.45, 2.75) is 64.4 Å². The Balaban J connectivity index is 1.95. The normalized spacial score (nSPS) is 11.9. The molecular weight excluding hydrogens is 436 g/mol. The zero-order valence-corrected chi connectivity index (χ0v) is 20.8. The molecule has 0 aliphatic rings. The van der Waals surface area contributed by atoms with Crippen LogP contribution in [0.15, 0.2) is 59.8 Å². The van der Waals surface area contributed by atoms with Crippen LogP contribution in [0.1, 0.15) is 70.5 Å². The van der Waals surface area contributed by atoms with E-state index in [0.717, 1.165) is 22.3 Å². The minimum atomic E-state index is -4.10. The Bertz CT molecular complexity index is 1200. The number of aromatic nitrogens is 2. The summed E-state index contributed by atoms with van der Waals surface area (Å²) in [5.41, 5.74) is 4.66. The second-order valence-corrected chi connectivity index (χ2v) is 10.6. The molecule has 3 rings (SSSR count). The summed E-state index contributed by atoms with van der Waals surface area (Å²) >= 11 is 0. The second kappa shape index (κ2) is 9.79. The van der Waals surface area contributed by atoms with E-state index in [4.69, 9.17) is 0 Å². The smallest absolute Gasteiger partial charge is 0.307 e. The Kier molecular flexibility index (Phi) is 7.27. The van der Waals surface area contributed by atoms with Gasteiger partial charge in [0.25, 0.3) is 10.0 Å². The molecule has 7 nitrogen and oxygen atoms in total. The van der Waals surface area contributed by atoms with Crippen molar-refractivity contribution in [3.05, 3.63) is 65.9 Å². The first-order valence-electron chi connectivity index (χ1n) is 11.1. The second-order valence-electron chi connectivity index (χ2n) is 8.99. The fourth-order valence-electron chi connectivity index (χ4n) is 3.60. The van der Waals surface area contributed by atoms with Crippen LogP contribution in [0.3, 0.4) is 0 Å². The number of rotatable bonds is 7. The molecular formula is C25H32N4O3S. The fraction of sp³-hybridized carbons (Fsp3) is 0.360. The van der Waals surface area contributed by atoms with Gasteiger partial charge in [0.05, 0.1) is 0 Å². The van der Waals surface area contributed by atoms with Crippen LogP contribution in [0.5, 0.6) is 0 Å². The number of amides is 2. The topological polar surface area (TPSA) is 93.1 Å². The van der Waals surface area contributed by atoms with Gasteiger partial charge < -0.3 is 5.32 Å². The lowest BCUT2D eigenvalue weighted by Crippen LogP contribution is -2.35. The molecule has 0 unspecified atom stereocenters. The van der Waals surface area contributed by atoms with E-state index in [-0.39, 0.29) is 22.9 Å². The standard InChI is InChI=1S/C25H32N4O3S/c1-16(2)21-14-20(19-10-8-7-9-11-19)15-22(17(3)4)24(21)26-25(30)28-33(31,32)23-12-13-29(27-23)18(5)6/h7-18H,1-6H3,(H2,26,28,30). The van der Waals surface area contributed by atoms with Gasteiger partial charge in [-0.3, -0.25) is 4.68 Å². The third-order valence-electron chi connectivity index (χ3n) is 5.40. The summed E-state index contributed by atoms with van der Waals surface area (Å²) in [4.78, 5) is 12.8. The molecule has 1 heterocycles. The van der Waals surface area contributed by atoms with Gasteiger partial charge in [0, 0.05) is 17.9 Å². The van der Waals surface area contributed by atoms with E-state index in [9.17, 15) is 13.2 Å². The maximum absolute atomic E-state index is 12.8. The van der Waals surface area contributed by atoms with Crippen molar-refractivity contribution in [3.63, 3.8) is 0 Å². The third kappa shape index (κ3) is 5.63. The number of carbonyl (C=O) groups is 1. The molecule has 0 saturated carbocycles.